The quantitative estimate of drug-likeness (QED) is 0.0950. The van der Waals surface area contributed by atoms with E-state index in [0.717, 1.165) is 55.4 Å². The van der Waals surface area contributed by atoms with Gasteiger partial charge in [-0.3, -0.25) is 28.8 Å². The average molecular weight is 1210 g/mol. The second-order valence-corrected chi connectivity index (χ2v) is 25.0. The summed E-state index contributed by atoms with van der Waals surface area (Å²) in [6, 6.07) is 33.7. The van der Waals surface area contributed by atoms with E-state index in [2.05, 4.69) is 10.6 Å². The zero-order valence-electron chi connectivity index (χ0n) is 50.9. The molecule has 89 heavy (non-hydrogen) atoms. The SMILES string of the molecule is COC(=O)[C@@]12C[C@@H]1/C=C\CCC(=O)CC[C@H](C)C(=O)N1CC(Oc3cc(-c4ccccc4)nc4cc(C)ccc34)C[C@H]1C(=O)N2.Cc1ccc2c(OC3C[C@H]4C(=O)N[C@]5(C(=O)O)C[C@@H]5/C=C\CCC(=O)CC[C@H](C)C(=O)N4C3)cc(-c3ccccc3)nc2c1. The minimum absolute atomic E-state index is 0.0619. The van der Waals surface area contributed by atoms with Crippen LogP contribution in [-0.2, 0) is 43.1 Å². The maximum absolute atomic E-state index is 13.9. The molecule has 4 fully saturated rings. The van der Waals surface area contributed by atoms with E-state index in [9.17, 15) is 43.5 Å². The van der Waals surface area contributed by atoms with Crippen molar-refractivity contribution < 1.29 is 57.7 Å². The van der Waals surface area contributed by atoms with Crippen LogP contribution in [0.5, 0.6) is 11.5 Å². The summed E-state index contributed by atoms with van der Waals surface area (Å²) < 4.78 is 18.3. The molecule has 2 aliphatic carbocycles. The highest BCUT2D eigenvalue weighted by Gasteiger charge is 2.63. The first kappa shape index (κ1) is 61.6. The number of carbonyl (C=O) groups is 8. The number of rotatable bonds is 8. The summed E-state index contributed by atoms with van der Waals surface area (Å²) in [6.45, 7) is 7.95. The molecular weight excluding hydrogens is 1130 g/mol. The van der Waals surface area contributed by atoms with Crippen LogP contribution in [0.2, 0.25) is 0 Å². The van der Waals surface area contributed by atoms with E-state index in [1.165, 1.54) is 12.0 Å². The Hall–Kier alpha value is -9.06. The van der Waals surface area contributed by atoms with Crippen LogP contribution >= 0.6 is 0 Å². The smallest absolute Gasteiger partial charge is 0.332 e. The maximum atomic E-state index is 13.9. The van der Waals surface area contributed by atoms with Gasteiger partial charge in [-0.15, -0.1) is 0 Å². The summed E-state index contributed by atoms with van der Waals surface area (Å²) in [5.41, 5.74) is 4.48. The second-order valence-electron chi connectivity index (χ2n) is 25.0. The third-order valence-electron chi connectivity index (χ3n) is 18.4. The highest BCUT2D eigenvalue weighted by Crippen LogP contribution is 2.47. The van der Waals surface area contributed by atoms with Crippen molar-refractivity contribution in [2.75, 3.05) is 20.2 Å². The molecule has 6 aromatic rings. The van der Waals surface area contributed by atoms with Crippen molar-refractivity contribution in [1.82, 2.24) is 30.4 Å². The standard InChI is InChI=1S/C36H39N3O6.C35H37N3O6/c1-22-13-16-28-30(17-22)37-29(24-9-5-4-6-10-24)19-32(28)45-27-18-31-33(41)38-36(35(43)44-3)20-25(36)11-7-8-12-26(40)15-14-23(2)34(42)39(31)21-27;1-21-12-15-27-29(16-21)36-28(23-8-4-3-5-9-23)18-31(27)44-26-17-30-32(40)37-35(34(42)43)19-24(35)10-6-7-11-25(39)14-13-22(2)33(41)38(30)20-26/h4-7,9-11,13,16-17,19,23,25,27,31H,8,12,14-15,18,20-21H2,1-3H3,(H,38,41);3-6,8-10,12,15-16,18,22,24,26,30H,7,11,13-14,17,19-20H2,1-2H3,(H,37,40)(H,42,43)/b11-7-;10-6-/t23-,25-,27?,31-,36+;22-,24-,26?,30-,35+/m00/s1. The van der Waals surface area contributed by atoms with Crippen molar-refractivity contribution in [3.63, 3.8) is 0 Å². The van der Waals surface area contributed by atoms with Crippen molar-refractivity contribution in [3.05, 3.63) is 145 Å². The fourth-order valence-corrected chi connectivity index (χ4v) is 13.0. The van der Waals surface area contributed by atoms with Crippen LogP contribution in [-0.4, -0.2) is 128 Å². The van der Waals surface area contributed by atoms with Crippen LogP contribution in [0.1, 0.15) is 102 Å². The monoisotopic (exact) mass is 1200 g/mol. The number of hydrogen-bond donors (Lipinski definition) is 3. The van der Waals surface area contributed by atoms with Gasteiger partial charge in [0.1, 0.15) is 58.4 Å². The summed E-state index contributed by atoms with van der Waals surface area (Å²) in [5.74, 6) is -3.16. The molecule has 2 saturated heterocycles. The number of fused-ring (bicyclic) bond motifs is 6. The maximum Gasteiger partial charge on any atom is 0.332 e. The van der Waals surface area contributed by atoms with Crippen LogP contribution in [0.4, 0.5) is 0 Å². The lowest BCUT2D eigenvalue weighted by Gasteiger charge is -2.28. The molecule has 2 aromatic heterocycles. The largest absolute Gasteiger partial charge is 0.488 e. The van der Waals surface area contributed by atoms with Crippen LogP contribution in [0.3, 0.4) is 0 Å². The first-order valence-corrected chi connectivity index (χ1v) is 31.0. The summed E-state index contributed by atoms with van der Waals surface area (Å²) in [5, 5.41) is 17.5. The number of amides is 4. The Morgan fingerprint density at radius 2 is 1.00 bits per heavy atom. The number of aromatic nitrogens is 2. The summed E-state index contributed by atoms with van der Waals surface area (Å²) >= 11 is 0. The molecule has 2 unspecified atom stereocenters. The van der Waals surface area contributed by atoms with Gasteiger partial charge in [0.15, 0.2) is 0 Å². The number of nitrogens with one attached hydrogen (secondary N) is 2. The first-order chi connectivity index (χ1) is 42.8. The fourth-order valence-electron chi connectivity index (χ4n) is 13.0. The van der Waals surface area contributed by atoms with Gasteiger partial charge in [0.25, 0.3) is 0 Å². The number of ether oxygens (including phenoxy) is 3. The molecule has 12 rings (SSSR count). The number of carbonyl (C=O) groups excluding carboxylic acids is 7. The number of hydrogen-bond acceptors (Lipinski definition) is 13. The Bertz CT molecular complexity index is 3810. The number of benzene rings is 4. The first-order valence-electron chi connectivity index (χ1n) is 31.0. The van der Waals surface area contributed by atoms with E-state index < -0.39 is 71.0 Å². The highest BCUT2D eigenvalue weighted by molar-refractivity contribution is 5.97. The molecule has 4 aromatic carbocycles. The molecule has 4 amide bonds. The van der Waals surface area contributed by atoms with E-state index in [4.69, 9.17) is 24.2 Å². The topological polar surface area (TPSA) is 241 Å². The van der Waals surface area contributed by atoms with Crippen molar-refractivity contribution >= 4 is 68.9 Å². The van der Waals surface area contributed by atoms with E-state index in [-0.39, 0.29) is 74.0 Å². The van der Waals surface area contributed by atoms with Crippen LogP contribution in [0.25, 0.3) is 44.3 Å². The van der Waals surface area contributed by atoms with Gasteiger partial charge in [-0.05, 0) is 87.8 Å². The Morgan fingerprint density at radius 3 is 1.44 bits per heavy atom. The predicted octanol–water partition coefficient (Wildman–Crippen LogP) is 9.80. The van der Waals surface area contributed by atoms with Crippen molar-refractivity contribution in [3.8, 4) is 34.0 Å². The van der Waals surface area contributed by atoms with Gasteiger partial charge >= 0.3 is 11.9 Å². The van der Waals surface area contributed by atoms with E-state index in [1.807, 2.05) is 141 Å². The summed E-state index contributed by atoms with van der Waals surface area (Å²) in [6.07, 6.45) is 10.6. The lowest BCUT2D eigenvalue weighted by Crippen LogP contribution is -2.53. The van der Waals surface area contributed by atoms with E-state index in [0.29, 0.717) is 62.9 Å². The number of pyridine rings is 2. The summed E-state index contributed by atoms with van der Waals surface area (Å²) in [4.78, 5) is 118. The molecule has 10 atom stereocenters. The zero-order chi connectivity index (χ0) is 62.7. The molecule has 6 heterocycles. The molecule has 0 bridgehead atoms. The summed E-state index contributed by atoms with van der Waals surface area (Å²) in [7, 11) is 1.30. The number of aryl methyl sites for hydroxylation is 2. The van der Waals surface area contributed by atoms with Gasteiger partial charge in [0.05, 0.1) is 42.6 Å². The Morgan fingerprint density at radius 1 is 0.573 bits per heavy atom. The molecule has 462 valence electrons. The number of Topliss-reactive ketones (excluding diaryl/α,β-unsaturated/α-hetero) is 2. The Labute approximate surface area is 517 Å². The number of nitrogens with zero attached hydrogens (tertiary/aromatic N) is 4. The second kappa shape index (κ2) is 25.9. The minimum Gasteiger partial charge on any atom is -0.488 e. The van der Waals surface area contributed by atoms with Crippen molar-refractivity contribution in [2.45, 2.75) is 140 Å². The lowest BCUT2D eigenvalue weighted by molar-refractivity contribution is -0.148. The zero-order valence-corrected chi connectivity index (χ0v) is 50.9. The number of esters is 1. The van der Waals surface area contributed by atoms with Crippen molar-refractivity contribution in [2.24, 2.45) is 23.7 Å². The number of allylic oxidation sites excluding steroid dienone is 2. The minimum atomic E-state index is -1.42. The fraction of sp³-hybridized carbons (Fsp3) is 0.408. The number of aliphatic carboxylic acids is 1. The number of ketones is 2. The normalized spacial score (nSPS) is 28.1. The third-order valence-corrected chi connectivity index (χ3v) is 18.4. The molecule has 0 radical (unpaired) electrons. The molecule has 4 aliphatic heterocycles. The molecular formula is C71H76N6O12. The Balaban J connectivity index is 0.000000184. The van der Waals surface area contributed by atoms with Gasteiger partial charge in [-0.2, -0.15) is 0 Å². The lowest BCUT2D eigenvalue weighted by atomic mass is 10.00. The molecule has 3 N–H and O–H groups in total. The van der Waals surface area contributed by atoms with Gasteiger partial charge in [-0.25, -0.2) is 19.6 Å². The molecule has 6 aliphatic rings. The van der Waals surface area contributed by atoms with Gasteiger partial charge < -0.3 is 39.8 Å². The van der Waals surface area contributed by atoms with Crippen molar-refractivity contribution in [1.29, 1.82) is 0 Å². The third kappa shape index (κ3) is 13.4. The highest BCUT2D eigenvalue weighted by atomic mass is 16.5. The van der Waals surface area contributed by atoms with Gasteiger partial charge in [-0.1, -0.05) is 111 Å². The van der Waals surface area contributed by atoms with Crippen LogP contribution in [0, 0.1) is 37.5 Å². The number of carboxylic acid groups (broad SMARTS) is 1. The number of carboxylic acids is 1. The van der Waals surface area contributed by atoms with E-state index in [1.54, 1.807) is 24.8 Å². The molecule has 0 spiro atoms. The Kier molecular flexibility index (Phi) is 18.0. The van der Waals surface area contributed by atoms with Gasteiger partial charge in [0.2, 0.25) is 23.6 Å². The van der Waals surface area contributed by atoms with E-state index >= 15 is 0 Å². The van der Waals surface area contributed by atoms with Crippen LogP contribution in [0.15, 0.2) is 133 Å². The van der Waals surface area contributed by atoms with Crippen LogP contribution < -0.4 is 20.1 Å². The molecule has 2 saturated carbocycles. The number of methoxy groups -OCH3 is 1. The average Bonchev–Trinajstić information content (AvgIpc) is 1.72. The predicted molar refractivity (Wildman–Crippen MR) is 334 cm³/mol. The molecule has 18 nitrogen and oxygen atoms in total. The van der Waals surface area contributed by atoms with Gasteiger partial charge in [0, 0.05) is 96.2 Å². The molecule has 18 heteroatoms.